The lowest BCUT2D eigenvalue weighted by Crippen LogP contribution is -2.37. The molecule has 4 heterocycles. The van der Waals surface area contributed by atoms with E-state index in [-0.39, 0.29) is 11.7 Å². The highest BCUT2D eigenvalue weighted by atomic mass is 32.1. The molecule has 1 atom stereocenters. The number of thiophene rings is 1. The number of aromatic nitrogens is 1. The molecule has 0 unspecified atom stereocenters. The Balaban J connectivity index is 1.52. The lowest BCUT2D eigenvalue weighted by atomic mass is 10.0. The van der Waals surface area contributed by atoms with Crippen LogP contribution in [0, 0.1) is 0 Å². The normalized spacial score (nSPS) is 18.3. The van der Waals surface area contributed by atoms with Crippen LogP contribution in [-0.2, 0) is 25.7 Å². The number of nitrogens with one attached hydrogen (secondary N) is 1. The van der Waals surface area contributed by atoms with E-state index in [1.54, 1.807) is 16.2 Å². The van der Waals surface area contributed by atoms with Crippen molar-refractivity contribution in [2.75, 3.05) is 18.9 Å². The van der Waals surface area contributed by atoms with E-state index in [2.05, 4.69) is 21.8 Å². The van der Waals surface area contributed by atoms with Crippen molar-refractivity contribution in [2.45, 2.75) is 45.1 Å². The Hall–Kier alpha value is -2.78. The fraction of sp³-hybridized carbons (Fsp3) is 0.375. The molecular weight excluding hydrogens is 449 g/mol. The number of halogens is 3. The number of carbonyl (C=O) groups is 1. The summed E-state index contributed by atoms with van der Waals surface area (Å²) in [4.78, 5) is 18.8. The number of hydrogen-bond donors (Lipinski definition) is 1. The first-order chi connectivity index (χ1) is 15.8. The number of likely N-dealkylation sites (N-methyl/N-ethyl adjacent to an activating group) is 1. The fourth-order valence-electron chi connectivity index (χ4n) is 4.84. The number of nitrogens with zero attached hydrogens (tertiary/aromatic N) is 3. The third-order valence-corrected chi connectivity index (χ3v) is 7.73. The Labute approximate surface area is 194 Å². The van der Waals surface area contributed by atoms with Gasteiger partial charge in [0.1, 0.15) is 5.00 Å². The Morgan fingerprint density at radius 3 is 2.76 bits per heavy atom. The maximum atomic E-state index is 13.5. The number of hydrogen-bond acceptors (Lipinski definition) is 3. The van der Waals surface area contributed by atoms with Crippen molar-refractivity contribution >= 4 is 23.1 Å². The predicted molar refractivity (Wildman–Crippen MR) is 123 cm³/mol. The third kappa shape index (κ3) is 3.93. The van der Waals surface area contributed by atoms with E-state index in [1.807, 2.05) is 25.3 Å². The maximum absolute atomic E-state index is 13.5. The standard InChI is InChI=1S/C24H25F3N4OS/c1-3-19-20-8-5-10-30(20)22-18(17-9-11-29(2)14-21(17)33-22)13-31(19)23(32)28-16-7-4-6-15(12-16)24(25,26)27/h4-8,10,12,19H,3,9,11,13-14H2,1-2H3,(H,28,32)/t19-/m1/s1. The van der Waals surface area contributed by atoms with Gasteiger partial charge in [-0.2, -0.15) is 13.2 Å². The molecule has 9 heteroatoms. The van der Waals surface area contributed by atoms with E-state index in [0.717, 1.165) is 47.9 Å². The number of anilines is 1. The van der Waals surface area contributed by atoms with Crippen molar-refractivity contribution in [1.29, 1.82) is 0 Å². The minimum Gasteiger partial charge on any atom is -0.312 e. The van der Waals surface area contributed by atoms with Crippen LogP contribution in [0.3, 0.4) is 0 Å². The molecule has 0 spiro atoms. The predicted octanol–water partition coefficient (Wildman–Crippen LogP) is 6.04. The van der Waals surface area contributed by atoms with Crippen LogP contribution in [0.2, 0.25) is 0 Å². The monoisotopic (exact) mass is 474 g/mol. The summed E-state index contributed by atoms with van der Waals surface area (Å²) in [5.41, 5.74) is 2.83. The minimum absolute atomic E-state index is 0.138. The number of benzene rings is 1. The summed E-state index contributed by atoms with van der Waals surface area (Å²) in [7, 11) is 2.11. The maximum Gasteiger partial charge on any atom is 0.416 e. The molecule has 174 valence electrons. The summed E-state index contributed by atoms with van der Waals surface area (Å²) in [5.74, 6) is 0. The fourth-order valence-corrected chi connectivity index (χ4v) is 6.28. The average Bonchev–Trinajstić information content (AvgIpc) is 3.35. The topological polar surface area (TPSA) is 40.5 Å². The lowest BCUT2D eigenvalue weighted by molar-refractivity contribution is -0.137. The summed E-state index contributed by atoms with van der Waals surface area (Å²) in [6.45, 7) is 4.30. The number of amides is 2. The van der Waals surface area contributed by atoms with E-state index < -0.39 is 17.8 Å². The van der Waals surface area contributed by atoms with Crippen molar-refractivity contribution in [3.63, 3.8) is 0 Å². The lowest BCUT2D eigenvalue weighted by Gasteiger charge is -2.31. The van der Waals surface area contributed by atoms with Gasteiger partial charge in [0.25, 0.3) is 0 Å². The minimum atomic E-state index is -4.46. The Kier molecular flexibility index (Phi) is 5.49. The molecule has 2 aliphatic rings. The van der Waals surface area contributed by atoms with Gasteiger partial charge in [0.2, 0.25) is 0 Å². The quantitative estimate of drug-likeness (QED) is 0.492. The van der Waals surface area contributed by atoms with Crippen LogP contribution in [0.25, 0.3) is 5.00 Å². The van der Waals surface area contributed by atoms with E-state index >= 15 is 0 Å². The van der Waals surface area contributed by atoms with Crippen LogP contribution < -0.4 is 5.32 Å². The molecule has 0 fully saturated rings. The number of fused-ring (bicyclic) bond motifs is 5. The Morgan fingerprint density at radius 1 is 1.18 bits per heavy atom. The molecule has 33 heavy (non-hydrogen) atoms. The average molecular weight is 475 g/mol. The van der Waals surface area contributed by atoms with Crippen LogP contribution in [0.4, 0.5) is 23.7 Å². The van der Waals surface area contributed by atoms with Crippen LogP contribution in [0.1, 0.15) is 46.6 Å². The van der Waals surface area contributed by atoms with Gasteiger partial charge >= 0.3 is 12.2 Å². The van der Waals surface area contributed by atoms with E-state index in [0.29, 0.717) is 13.0 Å². The molecule has 0 aliphatic carbocycles. The molecule has 2 aromatic heterocycles. The zero-order chi connectivity index (χ0) is 23.3. The molecule has 0 saturated heterocycles. The van der Waals surface area contributed by atoms with Crippen LogP contribution in [0.15, 0.2) is 42.6 Å². The Bertz CT molecular complexity index is 1200. The summed E-state index contributed by atoms with van der Waals surface area (Å²) in [6.07, 6.45) is -0.807. The van der Waals surface area contributed by atoms with Crippen LogP contribution in [0.5, 0.6) is 0 Å². The van der Waals surface area contributed by atoms with E-state index in [1.165, 1.54) is 22.6 Å². The SMILES string of the molecule is CC[C@@H]1c2cccn2-c2sc3c(c2CN1C(=O)Nc1cccc(C(F)(F)F)c1)CCN(C)C3. The second-order valence-corrected chi connectivity index (χ2v) is 9.72. The molecule has 5 rings (SSSR count). The zero-order valence-corrected chi connectivity index (χ0v) is 19.3. The highest BCUT2D eigenvalue weighted by molar-refractivity contribution is 7.15. The van der Waals surface area contributed by atoms with Gasteiger partial charge in [-0.3, -0.25) is 0 Å². The van der Waals surface area contributed by atoms with Crippen molar-refractivity contribution < 1.29 is 18.0 Å². The van der Waals surface area contributed by atoms with Gasteiger partial charge < -0.3 is 19.7 Å². The summed E-state index contributed by atoms with van der Waals surface area (Å²) in [5, 5.41) is 3.86. The van der Waals surface area contributed by atoms with Crippen molar-refractivity contribution in [1.82, 2.24) is 14.4 Å². The molecule has 1 aromatic carbocycles. The van der Waals surface area contributed by atoms with Gasteiger partial charge in [-0.05, 0) is 55.8 Å². The smallest absolute Gasteiger partial charge is 0.312 e. The number of alkyl halides is 3. The molecule has 2 amide bonds. The molecule has 0 radical (unpaired) electrons. The molecule has 0 saturated carbocycles. The van der Waals surface area contributed by atoms with Crippen LogP contribution in [-0.4, -0.2) is 34.0 Å². The first-order valence-electron chi connectivity index (χ1n) is 11.0. The number of urea groups is 1. The second kappa shape index (κ2) is 8.22. The number of rotatable bonds is 2. The highest BCUT2D eigenvalue weighted by Crippen LogP contribution is 2.42. The van der Waals surface area contributed by atoms with Gasteiger partial charge in [-0.1, -0.05) is 13.0 Å². The van der Waals surface area contributed by atoms with Crippen molar-refractivity contribution in [2.24, 2.45) is 0 Å². The third-order valence-electron chi connectivity index (χ3n) is 6.47. The summed E-state index contributed by atoms with van der Waals surface area (Å²) in [6, 6.07) is 8.22. The van der Waals surface area contributed by atoms with Gasteiger partial charge in [-0.25, -0.2) is 4.79 Å². The summed E-state index contributed by atoms with van der Waals surface area (Å²) < 4.78 is 41.6. The molecule has 1 N–H and O–H groups in total. The first-order valence-corrected chi connectivity index (χ1v) is 11.8. The zero-order valence-electron chi connectivity index (χ0n) is 18.4. The van der Waals surface area contributed by atoms with E-state index in [9.17, 15) is 18.0 Å². The highest BCUT2D eigenvalue weighted by Gasteiger charge is 2.35. The van der Waals surface area contributed by atoms with Crippen LogP contribution >= 0.6 is 11.3 Å². The van der Waals surface area contributed by atoms with E-state index in [4.69, 9.17) is 0 Å². The van der Waals surface area contributed by atoms with Gasteiger partial charge in [-0.15, -0.1) is 11.3 Å². The van der Waals surface area contributed by atoms with Gasteiger partial charge in [0, 0.05) is 41.1 Å². The largest absolute Gasteiger partial charge is 0.416 e. The van der Waals surface area contributed by atoms with Gasteiger partial charge in [0.15, 0.2) is 0 Å². The first kappa shape index (κ1) is 22.0. The molecule has 3 aromatic rings. The molecule has 2 aliphatic heterocycles. The molecular formula is C24H25F3N4OS. The molecule has 5 nitrogen and oxygen atoms in total. The Morgan fingerprint density at radius 2 is 2.00 bits per heavy atom. The summed E-state index contributed by atoms with van der Waals surface area (Å²) >= 11 is 1.78. The second-order valence-electron chi connectivity index (χ2n) is 8.64. The van der Waals surface area contributed by atoms with Crippen molar-refractivity contribution in [3.05, 3.63) is 69.9 Å². The van der Waals surface area contributed by atoms with Crippen molar-refractivity contribution in [3.8, 4) is 5.00 Å². The molecule has 0 bridgehead atoms. The van der Waals surface area contributed by atoms with Gasteiger partial charge in [0.05, 0.1) is 18.2 Å². The number of carbonyl (C=O) groups excluding carboxylic acids is 1.